The fourth-order valence-electron chi connectivity index (χ4n) is 1.46. The molecule has 0 saturated carbocycles. The number of aliphatic hydroxyl groups excluding tert-OH is 1. The molecule has 14 heavy (non-hydrogen) atoms. The quantitative estimate of drug-likeness (QED) is 0.674. The van der Waals surface area contributed by atoms with Gasteiger partial charge in [0.1, 0.15) is 11.3 Å². The molecular weight excluding hydrogens is 293 g/mol. The molecule has 0 bridgehead atoms. The van der Waals surface area contributed by atoms with Gasteiger partial charge in [-0.1, -0.05) is 22.6 Å². The van der Waals surface area contributed by atoms with Gasteiger partial charge in [-0.2, -0.15) is 0 Å². The largest absolute Gasteiger partial charge is 0.390 e. The van der Waals surface area contributed by atoms with E-state index in [9.17, 15) is 0 Å². The highest BCUT2D eigenvalue weighted by Gasteiger charge is 2.09. The van der Waals surface area contributed by atoms with E-state index in [-0.39, 0.29) is 6.61 Å². The second kappa shape index (κ2) is 3.82. The lowest BCUT2D eigenvalue weighted by atomic mass is 10.3. The van der Waals surface area contributed by atoms with E-state index >= 15 is 0 Å². The molecule has 2 heterocycles. The second-order valence-corrected chi connectivity index (χ2v) is 3.77. The minimum Gasteiger partial charge on any atom is -0.390 e. The van der Waals surface area contributed by atoms with Crippen molar-refractivity contribution in [3.8, 4) is 0 Å². The third-order valence-corrected chi connectivity index (χ3v) is 2.92. The van der Waals surface area contributed by atoms with Crippen molar-refractivity contribution < 1.29 is 5.11 Å². The number of imidazole rings is 1. The first-order valence-corrected chi connectivity index (χ1v) is 5.76. The molecule has 2 aromatic heterocycles. The zero-order valence-electron chi connectivity index (χ0n) is 7.74. The molecular formula is C9H10IN3O. The van der Waals surface area contributed by atoms with Gasteiger partial charge < -0.3 is 9.67 Å². The number of alkyl halides is 1. The molecule has 74 valence electrons. The van der Waals surface area contributed by atoms with Gasteiger partial charge in [-0.05, 0) is 6.07 Å². The van der Waals surface area contributed by atoms with Gasteiger partial charge in [-0.3, -0.25) is 4.98 Å². The van der Waals surface area contributed by atoms with Gasteiger partial charge in [-0.25, -0.2) is 4.98 Å². The van der Waals surface area contributed by atoms with Crippen molar-refractivity contribution in [1.82, 2.24) is 14.5 Å². The maximum absolute atomic E-state index is 9.09. The van der Waals surface area contributed by atoms with E-state index in [0.717, 1.165) is 21.3 Å². The van der Waals surface area contributed by atoms with Crippen molar-refractivity contribution in [3.63, 3.8) is 0 Å². The third kappa shape index (κ3) is 1.40. The van der Waals surface area contributed by atoms with Crippen LogP contribution in [0.15, 0.2) is 12.3 Å². The van der Waals surface area contributed by atoms with Gasteiger partial charge in [0, 0.05) is 13.2 Å². The first-order valence-electron chi connectivity index (χ1n) is 4.24. The van der Waals surface area contributed by atoms with Crippen molar-refractivity contribution >= 4 is 33.6 Å². The Balaban J connectivity index is 2.77. The number of nitrogens with zero attached hydrogens (tertiary/aromatic N) is 3. The minimum atomic E-state index is -0.0605. The van der Waals surface area contributed by atoms with Crippen LogP contribution in [0.5, 0.6) is 0 Å². The highest BCUT2D eigenvalue weighted by atomic mass is 127. The lowest BCUT2D eigenvalue weighted by Crippen LogP contribution is -1.93. The van der Waals surface area contributed by atoms with E-state index in [1.54, 1.807) is 6.20 Å². The van der Waals surface area contributed by atoms with Crippen molar-refractivity contribution in [1.29, 1.82) is 0 Å². The van der Waals surface area contributed by atoms with Crippen LogP contribution in [-0.2, 0) is 18.1 Å². The standard InChI is InChI=1S/C9H10IN3O/c1-13-7-2-3-11-6(5-14)9(7)12-8(13)4-10/h2-3,14H,4-5H2,1H3. The summed E-state index contributed by atoms with van der Waals surface area (Å²) in [4.78, 5) is 8.52. The van der Waals surface area contributed by atoms with Crippen LogP contribution >= 0.6 is 22.6 Å². The summed E-state index contributed by atoms with van der Waals surface area (Å²) in [5.41, 5.74) is 2.48. The van der Waals surface area contributed by atoms with Crippen LogP contribution in [0.3, 0.4) is 0 Å². The molecule has 0 fully saturated rings. The van der Waals surface area contributed by atoms with Crippen molar-refractivity contribution in [2.24, 2.45) is 7.05 Å². The van der Waals surface area contributed by atoms with Gasteiger partial charge in [-0.15, -0.1) is 0 Å². The minimum absolute atomic E-state index is 0.0605. The van der Waals surface area contributed by atoms with Crippen LogP contribution in [0.25, 0.3) is 11.0 Å². The Labute approximate surface area is 95.1 Å². The topological polar surface area (TPSA) is 50.9 Å². The molecule has 4 nitrogen and oxygen atoms in total. The molecule has 2 rings (SSSR count). The van der Waals surface area contributed by atoms with Gasteiger partial charge in [0.05, 0.1) is 22.2 Å². The van der Waals surface area contributed by atoms with Crippen LogP contribution in [0, 0.1) is 0 Å². The first kappa shape index (κ1) is 9.85. The number of pyridine rings is 1. The van der Waals surface area contributed by atoms with Gasteiger partial charge in [0.25, 0.3) is 0 Å². The lowest BCUT2D eigenvalue weighted by Gasteiger charge is -1.98. The first-order chi connectivity index (χ1) is 6.77. The Bertz CT molecular complexity index is 466. The number of fused-ring (bicyclic) bond motifs is 1. The third-order valence-electron chi connectivity index (χ3n) is 2.24. The van der Waals surface area contributed by atoms with Gasteiger partial charge in [0.2, 0.25) is 0 Å². The summed E-state index contributed by atoms with van der Waals surface area (Å²) in [6.45, 7) is -0.0605. The Hall–Kier alpha value is -0.690. The highest BCUT2D eigenvalue weighted by Crippen LogP contribution is 2.18. The Morgan fingerprint density at radius 2 is 2.36 bits per heavy atom. The van der Waals surface area contributed by atoms with Crippen LogP contribution < -0.4 is 0 Å². The SMILES string of the molecule is Cn1c(CI)nc2c(CO)nccc21. The zero-order valence-corrected chi connectivity index (χ0v) is 9.89. The molecule has 0 aliphatic rings. The number of aryl methyl sites for hydroxylation is 1. The Kier molecular flexibility index (Phi) is 2.69. The van der Waals surface area contributed by atoms with E-state index in [1.807, 2.05) is 17.7 Å². The summed E-state index contributed by atoms with van der Waals surface area (Å²) in [6, 6.07) is 1.91. The number of aliphatic hydroxyl groups is 1. The average molecular weight is 303 g/mol. The normalized spacial score (nSPS) is 11.1. The zero-order chi connectivity index (χ0) is 10.1. The average Bonchev–Trinajstić information content (AvgIpc) is 2.55. The van der Waals surface area contributed by atoms with Gasteiger partial charge in [0.15, 0.2) is 0 Å². The number of halogens is 1. The molecule has 0 unspecified atom stereocenters. The van der Waals surface area contributed by atoms with Crippen LogP contribution in [0.4, 0.5) is 0 Å². The van der Waals surface area contributed by atoms with E-state index in [2.05, 4.69) is 32.6 Å². The highest BCUT2D eigenvalue weighted by molar-refractivity contribution is 14.1. The predicted molar refractivity (Wildman–Crippen MR) is 62.2 cm³/mol. The molecule has 0 amide bonds. The summed E-state index contributed by atoms with van der Waals surface area (Å²) in [5.74, 6) is 1.00. The van der Waals surface area contributed by atoms with Crippen molar-refractivity contribution in [3.05, 3.63) is 23.8 Å². The summed E-state index contributed by atoms with van der Waals surface area (Å²) >= 11 is 2.27. The number of hydrogen-bond donors (Lipinski definition) is 1. The molecule has 0 aliphatic carbocycles. The fourth-order valence-corrected chi connectivity index (χ4v) is 2.14. The summed E-state index contributed by atoms with van der Waals surface area (Å²) < 4.78 is 2.89. The van der Waals surface area contributed by atoms with Gasteiger partial charge >= 0.3 is 0 Å². The van der Waals surface area contributed by atoms with Crippen molar-refractivity contribution in [2.75, 3.05) is 0 Å². The summed E-state index contributed by atoms with van der Waals surface area (Å²) in [6.07, 6.45) is 1.70. The molecule has 0 atom stereocenters. The predicted octanol–water partition coefficient (Wildman–Crippen LogP) is 1.40. The van der Waals surface area contributed by atoms with E-state index < -0.39 is 0 Å². The Morgan fingerprint density at radius 3 is 3.00 bits per heavy atom. The Morgan fingerprint density at radius 1 is 1.57 bits per heavy atom. The molecule has 2 aromatic rings. The molecule has 1 N–H and O–H groups in total. The van der Waals surface area contributed by atoms with E-state index in [1.165, 1.54) is 0 Å². The monoisotopic (exact) mass is 303 g/mol. The van der Waals surface area contributed by atoms with Crippen LogP contribution in [0.1, 0.15) is 11.5 Å². The van der Waals surface area contributed by atoms with Crippen LogP contribution in [-0.4, -0.2) is 19.6 Å². The fraction of sp³-hybridized carbons (Fsp3) is 0.333. The van der Waals surface area contributed by atoms with E-state index in [4.69, 9.17) is 5.11 Å². The molecule has 0 spiro atoms. The molecule has 0 saturated heterocycles. The lowest BCUT2D eigenvalue weighted by molar-refractivity contribution is 0.278. The molecule has 0 aliphatic heterocycles. The second-order valence-electron chi connectivity index (χ2n) is 3.00. The van der Waals surface area contributed by atoms with Crippen molar-refractivity contribution in [2.45, 2.75) is 11.0 Å². The molecule has 5 heteroatoms. The number of hydrogen-bond acceptors (Lipinski definition) is 3. The molecule has 0 aromatic carbocycles. The van der Waals surface area contributed by atoms with E-state index in [0.29, 0.717) is 5.69 Å². The smallest absolute Gasteiger partial charge is 0.119 e. The summed E-state index contributed by atoms with van der Waals surface area (Å²) in [7, 11) is 1.98. The summed E-state index contributed by atoms with van der Waals surface area (Å²) in [5, 5.41) is 9.09. The number of rotatable bonds is 2. The van der Waals surface area contributed by atoms with Crippen LogP contribution in [0.2, 0.25) is 0 Å². The number of aromatic nitrogens is 3. The molecule has 0 radical (unpaired) electrons. The maximum atomic E-state index is 9.09. The maximum Gasteiger partial charge on any atom is 0.119 e.